The number of anilines is 1. The first kappa shape index (κ1) is 18.4. The molecule has 4 nitrogen and oxygen atoms in total. The number of nitrogens with two attached hydrogens (primary N) is 1. The molecule has 0 aliphatic heterocycles. The smallest absolute Gasteiger partial charge is 0.196 e. The Hall–Kier alpha value is -3.92. The number of aromatic nitrogens is 1. The van der Waals surface area contributed by atoms with E-state index in [0.29, 0.717) is 34.9 Å². The minimum absolute atomic E-state index is 0.181. The molecule has 0 unspecified atom stereocenters. The second-order valence-electron chi connectivity index (χ2n) is 6.60. The molecule has 4 heteroatoms. The fourth-order valence-electron chi connectivity index (χ4n) is 3.11. The van der Waals surface area contributed by atoms with Gasteiger partial charge in [-0.1, -0.05) is 91.0 Å². The number of nitrogen functional groups attached to an aromatic ring is 1. The van der Waals surface area contributed by atoms with E-state index in [1.807, 2.05) is 78.9 Å². The number of ether oxygens (including phenoxy) is 1. The molecule has 2 N–H and O–H groups in total. The van der Waals surface area contributed by atoms with Crippen LogP contribution in [0.25, 0.3) is 11.3 Å². The van der Waals surface area contributed by atoms with E-state index in [1.165, 1.54) is 6.20 Å². The van der Waals surface area contributed by atoms with Crippen molar-refractivity contribution in [1.29, 1.82) is 0 Å². The SMILES string of the molecule is Nc1c(C(=O)c2ccccc2)cnc(-c2ccccc2)c1OCc1ccccc1. The van der Waals surface area contributed by atoms with Gasteiger partial charge in [-0.05, 0) is 5.56 Å². The van der Waals surface area contributed by atoms with Crippen LogP contribution in [0.5, 0.6) is 5.75 Å². The Kier molecular flexibility index (Phi) is 5.34. The van der Waals surface area contributed by atoms with E-state index in [9.17, 15) is 4.79 Å². The van der Waals surface area contributed by atoms with Gasteiger partial charge in [-0.25, -0.2) is 0 Å². The third-order valence-corrected chi connectivity index (χ3v) is 4.63. The van der Waals surface area contributed by atoms with Crippen molar-refractivity contribution in [3.8, 4) is 17.0 Å². The van der Waals surface area contributed by atoms with Gasteiger partial charge in [0.2, 0.25) is 0 Å². The van der Waals surface area contributed by atoms with Crippen molar-refractivity contribution >= 4 is 11.5 Å². The molecular weight excluding hydrogens is 360 g/mol. The maximum absolute atomic E-state index is 13.0. The molecule has 3 aromatic carbocycles. The Balaban J connectivity index is 1.76. The Morgan fingerprint density at radius 3 is 2.07 bits per heavy atom. The number of benzene rings is 3. The zero-order chi connectivity index (χ0) is 20.1. The zero-order valence-electron chi connectivity index (χ0n) is 15.8. The van der Waals surface area contributed by atoms with Crippen molar-refractivity contribution in [2.75, 3.05) is 5.73 Å². The molecule has 4 rings (SSSR count). The van der Waals surface area contributed by atoms with Crippen LogP contribution in [0.4, 0.5) is 5.69 Å². The summed E-state index contributed by atoms with van der Waals surface area (Å²) in [6.07, 6.45) is 1.53. The van der Waals surface area contributed by atoms with Crippen LogP contribution in [0, 0.1) is 0 Å². The van der Waals surface area contributed by atoms with E-state index in [2.05, 4.69) is 4.98 Å². The molecule has 0 amide bonds. The van der Waals surface area contributed by atoms with Gasteiger partial charge < -0.3 is 10.5 Å². The summed E-state index contributed by atoms with van der Waals surface area (Å²) in [5.74, 6) is 0.238. The van der Waals surface area contributed by atoms with Gasteiger partial charge in [-0.15, -0.1) is 0 Å². The Bertz CT molecular complexity index is 1110. The number of rotatable bonds is 6. The van der Waals surface area contributed by atoms with Crippen LogP contribution in [-0.2, 0) is 6.61 Å². The third-order valence-electron chi connectivity index (χ3n) is 4.63. The van der Waals surface area contributed by atoms with Crippen LogP contribution < -0.4 is 10.5 Å². The largest absolute Gasteiger partial charge is 0.484 e. The van der Waals surface area contributed by atoms with Crippen LogP contribution in [0.2, 0.25) is 0 Å². The van der Waals surface area contributed by atoms with Crippen LogP contribution in [0.1, 0.15) is 21.5 Å². The van der Waals surface area contributed by atoms with Gasteiger partial charge in [0.25, 0.3) is 0 Å². The van der Waals surface area contributed by atoms with Crippen LogP contribution in [0.3, 0.4) is 0 Å². The molecule has 142 valence electrons. The van der Waals surface area contributed by atoms with E-state index in [-0.39, 0.29) is 5.78 Å². The molecule has 29 heavy (non-hydrogen) atoms. The minimum Gasteiger partial charge on any atom is -0.484 e. The first-order valence-electron chi connectivity index (χ1n) is 9.34. The van der Waals surface area contributed by atoms with Gasteiger partial charge in [0.1, 0.15) is 12.3 Å². The second-order valence-corrected chi connectivity index (χ2v) is 6.60. The number of nitrogens with zero attached hydrogens (tertiary/aromatic N) is 1. The standard InChI is InChI=1S/C25H20N2O2/c26-22-21(24(28)20-14-8-3-9-15-20)16-27-23(19-12-6-2-7-13-19)25(22)29-17-18-10-4-1-5-11-18/h1-16H,17H2,(H2,26,27). The highest BCUT2D eigenvalue weighted by molar-refractivity contribution is 6.13. The Morgan fingerprint density at radius 1 is 0.828 bits per heavy atom. The fraction of sp³-hybridized carbons (Fsp3) is 0.0400. The molecule has 1 aromatic heterocycles. The Morgan fingerprint density at radius 2 is 1.41 bits per heavy atom. The maximum atomic E-state index is 13.0. The molecule has 0 aliphatic carbocycles. The molecular formula is C25H20N2O2. The molecule has 0 saturated heterocycles. The van der Waals surface area contributed by atoms with Crippen molar-refractivity contribution < 1.29 is 9.53 Å². The van der Waals surface area contributed by atoms with E-state index < -0.39 is 0 Å². The summed E-state index contributed by atoms with van der Waals surface area (Å²) >= 11 is 0. The van der Waals surface area contributed by atoms with Gasteiger partial charge in [0.15, 0.2) is 11.5 Å². The monoisotopic (exact) mass is 380 g/mol. The quantitative estimate of drug-likeness (QED) is 0.470. The first-order valence-corrected chi connectivity index (χ1v) is 9.34. The van der Waals surface area contributed by atoms with E-state index in [0.717, 1.165) is 11.1 Å². The van der Waals surface area contributed by atoms with Crippen molar-refractivity contribution in [2.24, 2.45) is 0 Å². The normalized spacial score (nSPS) is 10.5. The predicted molar refractivity (Wildman–Crippen MR) is 115 cm³/mol. The minimum atomic E-state index is -0.181. The number of pyridine rings is 1. The summed E-state index contributed by atoms with van der Waals surface area (Å²) in [6, 6.07) is 28.5. The zero-order valence-corrected chi connectivity index (χ0v) is 15.8. The number of carbonyl (C=O) groups excluding carboxylic acids is 1. The third kappa shape index (κ3) is 4.01. The van der Waals surface area contributed by atoms with Crippen LogP contribution in [0.15, 0.2) is 97.2 Å². The summed E-state index contributed by atoms with van der Waals surface area (Å²) in [7, 11) is 0. The topological polar surface area (TPSA) is 65.2 Å². The average molecular weight is 380 g/mol. The summed E-state index contributed by atoms with van der Waals surface area (Å²) in [5.41, 5.74) is 10.1. The fourth-order valence-corrected chi connectivity index (χ4v) is 3.11. The highest BCUT2D eigenvalue weighted by Gasteiger charge is 2.20. The van der Waals surface area contributed by atoms with Crippen molar-refractivity contribution in [3.05, 3.63) is 114 Å². The van der Waals surface area contributed by atoms with E-state index in [4.69, 9.17) is 10.5 Å². The number of hydrogen-bond donors (Lipinski definition) is 1. The Labute approximate surface area is 169 Å². The lowest BCUT2D eigenvalue weighted by atomic mass is 10.0. The summed E-state index contributed by atoms with van der Waals surface area (Å²) in [6.45, 7) is 0.329. The first-order chi connectivity index (χ1) is 14.2. The molecule has 0 bridgehead atoms. The lowest BCUT2D eigenvalue weighted by Crippen LogP contribution is -2.10. The van der Waals surface area contributed by atoms with Gasteiger partial charge >= 0.3 is 0 Å². The highest BCUT2D eigenvalue weighted by atomic mass is 16.5. The van der Waals surface area contributed by atoms with Gasteiger partial charge in [-0.3, -0.25) is 9.78 Å². The van der Waals surface area contributed by atoms with Crippen LogP contribution in [-0.4, -0.2) is 10.8 Å². The molecule has 4 aromatic rings. The summed E-state index contributed by atoms with van der Waals surface area (Å²) < 4.78 is 6.10. The highest BCUT2D eigenvalue weighted by Crippen LogP contribution is 2.36. The molecule has 0 fully saturated rings. The second kappa shape index (κ2) is 8.40. The molecule has 0 atom stereocenters. The summed E-state index contributed by atoms with van der Waals surface area (Å²) in [4.78, 5) is 17.5. The number of carbonyl (C=O) groups is 1. The molecule has 0 aliphatic rings. The van der Waals surface area contributed by atoms with Gasteiger partial charge in [-0.2, -0.15) is 0 Å². The molecule has 0 saturated carbocycles. The molecule has 1 heterocycles. The number of ketones is 1. The maximum Gasteiger partial charge on any atom is 0.196 e. The molecule has 0 radical (unpaired) electrons. The van der Waals surface area contributed by atoms with Crippen molar-refractivity contribution in [3.63, 3.8) is 0 Å². The predicted octanol–water partition coefficient (Wildman–Crippen LogP) is 5.14. The summed E-state index contributed by atoms with van der Waals surface area (Å²) in [5, 5.41) is 0. The number of hydrogen-bond acceptors (Lipinski definition) is 4. The molecule has 0 spiro atoms. The van der Waals surface area contributed by atoms with Crippen molar-refractivity contribution in [1.82, 2.24) is 4.98 Å². The van der Waals surface area contributed by atoms with E-state index in [1.54, 1.807) is 12.1 Å². The van der Waals surface area contributed by atoms with Gasteiger partial charge in [0.05, 0.1) is 11.3 Å². The average Bonchev–Trinajstić information content (AvgIpc) is 2.79. The van der Waals surface area contributed by atoms with Gasteiger partial charge in [0, 0.05) is 17.3 Å². The lowest BCUT2D eigenvalue weighted by Gasteiger charge is -2.16. The lowest BCUT2D eigenvalue weighted by molar-refractivity contribution is 0.103. The van der Waals surface area contributed by atoms with Crippen molar-refractivity contribution in [2.45, 2.75) is 6.61 Å². The van der Waals surface area contributed by atoms with E-state index >= 15 is 0 Å². The van der Waals surface area contributed by atoms with Crippen LogP contribution >= 0.6 is 0 Å².